The van der Waals surface area contributed by atoms with E-state index in [0.717, 1.165) is 60.2 Å². The van der Waals surface area contributed by atoms with Gasteiger partial charge >= 0.3 is 0 Å². The van der Waals surface area contributed by atoms with Crippen LogP contribution in [0.1, 0.15) is 40.0 Å². The summed E-state index contributed by atoms with van der Waals surface area (Å²) in [6.45, 7) is 8.59. The summed E-state index contributed by atoms with van der Waals surface area (Å²) in [7, 11) is 7.66. The topological polar surface area (TPSA) is 119 Å². The first-order chi connectivity index (χ1) is 16.4. The Hall–Kier alpha value is -1.91. The van der Waals surface area contributed by atoms with Crippen molar-refractivity contribution in [1.29, 1.82) is 5.41 Å². The van der Waals surface area contributed by atoms with Crippen molar-refractivity contribution in [1.82, 2.24) is 19.9 Å². The van der Waals surface area contributed by atoms with Gasteiger partial charge < -0.3 is 16.4 Å². The molecule has 1 aromatic heterocycles. The number of likely N-dealkylation sites (N-methyl/N-ethyl adjacent to an activating group) is 2. The van der Waals surface area contributed by atoms with Crippen LogP contribution < -0.4 is 21.1 Å². The summed E-state index contributed by atoms with van der Waals surface area (Å²) < 4.78 is 3.04. The molecule has 0 radical (unpaired) electrons. The van der Waals surface area contributed by atoms with Gasteiger partial charge in [-0.25, -0.2) is 4.98 Å². The molecule has 0 atom stereocenters. The molecule has 1 aromatic carbocycles. The number of anilines is 1. The minimum atomic E-state index is 0.362. The van der Waals surface area contributed by atoms with Crippen molar-refractivity contribution in [2.45, 2.75) is 44.9 Å². The minimum Gasteiger partial charge on any atom is -0.390 e. The number of carbonyl (C=O) groups is 1. The molecule has 0 aliphatic heterocycles. The van der Waals surface area contributed by atoms with E-state index < -0.39 is 0 Å². The zero-order valence-corrected chi connectivity index (χ0v) is 23.4. The molecular weight excluding hydrogens is 470 g/mol. The third-order valence-corrected chi connectivity index (χ3v) is 5.26. The normalized spacial score (nSPS) is 9.68. The van der Waals surface area contributed by atoms with E-state index in [1.54, 1.807) is 18.1 Å². The van der Waals surface area contributed by atoms with Gasteiger partial charge in [-0.1, -0.05) is 44.9 Å². The van der Waals surface area contributed by atoms with Crippen LogP contribution in [-0.2, 0) is 4.79 Å². The molecular formula is C24H44ClN7OS. The molecule has 0 bridgehead atoms. The minimum absolute atomic E-state index is 0.362. The Balaban J connectivity index is 0. The average molecular weight is 514 g/mol. The van der Waals surface area contributed by atoms with Gasteiger partial charge in [-0.15, -0.1) is 0 Å². The fourth-order valence-electron chi connectivity index (χ4n) is 2.70. The van der Waals surface area contributed by atoms with E-state index in [-0.39, 0.29) is 0 Å². The molecule has 10 heteroatoms. The van der Waals surface area contributed by atoms with Crippen LogP contribution in [0.3, 0.4) is 0 Å². The van der Waals surface area contributed by atoms with Crippen molar-refractivity contribution in [2.75, 3.05) is 53.1 Å². The molecule has 0 unspecified atom stereocenters. The second-order valence-electron chi connectivity index (χ2n) is 6.87. The molecule has 0 saturated heterocycles. The Bertz CT molecular complexity index is 808. The summed E-state index contributed by atoms with van der Waals surface area (Å²) in [6, 6.07) is 6.12. The van der Waals surface area contributed by atoms with Gasteiger partial charge in [0.2, 0.25) is 0 Å². The van der Waals surface area contributed by atoms with Gasteiger partial charge in [-0.05, 0) is 51.6 Å². The number of nitrogens with zero attached hydrogens (tertiary/aromatic N) is 2. The average Bonchev–Trinajstić information content (AvgIpc) is 2.84. The molecule has 6 N–H and O–H groups in total. The van der Waals surface area contributed by atoms with Crippen molar-refractivity contribution in [2.24, 2.45) is 5.73 Å². The standard InChI is InChI=1S/C11H12ClN3S.C10H22N2O.C2H6.CH4N2/c1-13-11-9-5-7(16-14-2)3-4-8(9)10(12)6-15-11;1-4-5-6-10(13)9-12(3)8-7-11-2;1-2;2-1-3/h3-6,14H,1-2H3,(H,13,15);11H,4-9H2,1-3H3;1-2H3;1H,(H3,2,3). The second-order valence-corrected chi connectivity index (χ2v) is 8.36. The smallest absolute Gasteiger partial charge is 0.146 e. The quantitative estimate of drug-likeness (QED) is 0.167. The van der Waals surface area contributed by atoms with Crippen LogP contribution in [0.4, 0.5) is 5.82 Å². The number of aromatic nitrogens is 1. The van der Waals surface area contributed by atoms with Crippen molar-refractivity contribution in [3.05, 3.63) is 29.4 Å². The van der Waals surface area contributed by atoms with E-state index in [9.17, 15) is 4.79 Å². The summed E-state index contributed by atoms with van der Waals surface area (Å²) in [5.74, 6) is 1.21. The SMILES string of the molecule is CC.CCCCC(=O)CN(C)CCNC.CNSc1ccc2c(Cl)cnc(NC)c2c1.N=CN. The Kier molecular flexibility index (Phi) is 23.0. The fraction of sp³-hybridized carbons (Fsp3) is 0.542. The van der Waals surface area contributed by atoms with Gasteiger partial charge in [-0.3, -0.25) is 19.8 Å². The highest BCUT2D eigenvalue weighted by Crippen LogP contribution is 2.30. The van der Waals surface area contributed by atoms with Crippen LogP contribution in [0.25, 0.3) is 10.8 Å². The summed E-state index contributed by atoms with van der Waals surface area (Å²) in [4.78, 5) is 18.8. The van der Waals surface area contributed by atoms with Crippen LogP contribution in [-0.4, -0.2) is 69.8 Å². The highest BCUT2D eigenvalue weighted by molar-refractivity contribution is 7.97. The number of rotatable bonds is 11. The zero-order valence-electron chi connectivity index (χ0n) is 21.8. The third-order valence-electron chi connectivity index (χ3n) is 4.27. The lowest BCUT2D eigenvalue weighted by molar-refractivity contribution is -0.120. The molecule has 0 spiro atoms. The molecule has 0 amide bonds. The Morgan fingerprint density at radius 3 is 2.44 bits per heavy atom. The number of halogens is 1. The maximum absolute atomic E-state index is 11.3. The highest BCUT2D eigenvalue weighted by atomic mass is 35.5. The van der Waals surface area contributed by atoms with Crippen LogP contribution in [0.5, 0.6) is 0 Å². The van der Waals surface area contributed by atoms with Crippen LogP contribution in [0.2, 0.25) is 5.02 Å². The molecule has 8 nitrogen and oxygen atoms in total. The van der Waals surface area contributed by atoms with Crippen molar-refractivity contribution in [3.63, 3.8) is 0 Å². The molecule has 0 aliphatic carbocycles. The first-order valence-corrected chi connectivity index (χ1v) is 12.7. The lowest BCUT2D eigenvalue weighted by Gasteiger charge is -2.14. The van der Waals surface area contributed by atoms with Gasteiger partial charge in [0, 0.05) is 48.4 Å². The summed E-state index contributed by atoms with van der Waals surface area (Å²) in [5.41, 5.74) is 4.39. The number of benzene rings is 1. The van der Waals surface area contributed by atoms with E-state index in [4.69, 9.17) is 17.0 Å². The number of Topliss-reactive ketones (excluding diaryl/α,β-unsaturated/α-hetero) is 1. The molecule has 0 fully saturated rings. The Labute approximate surface area is 215 Å². The molecule has 2 rings (SSSR count). The number of fused-ring (bicyclic) bond motifs is 1. The number of ketones is 1. The van der Waals surface area contributed by atoms with Gasteiger partial charge in [0.1, 0.15) is 11.6 Å². The molecule has 2 aromatic rings. The first-order valence-electron chi connectivity index (χ1n) is 11.5. The number of nitrogens with two attached hydrogens (primary N) is 1. The van der Waals surface area contributed by atoms with Crippen LogP contribution >= 0.6 is 23.5 Å². The highest BCUT2D eigenvalue weighted by Gasteiger charge is 2.06. The molecule has 1 heterocycles. The number of carbonyl (C=O) groups excluding carboxylic acids is 1. The molecule has 0 aliphatic rings. The number of hydrogen-bond donors (Lipinski definition) is 5. The van der Waals surface area contributed by atoms with E-state index in [2.05, 4.69) is 44.0 Å². The number of nitrogens with one attached hydrogen (secondary N) is 4. The molecule has 194 valence electrons. The lowest BCUT2D eigenvalue weighted by atomic mass is 10.1. The van der Waals surface area contributed by atoms with Crippen molar-refractivity contribution >= 4 is 52.3 Å². The van der Waals surface area contributed by atoms with Gasteiger partial charge in [0.05, 0.1) is 17.9 Å². The Morgan fingerprint density at radius 2 is 1.91 bits per heavy atom. The summed E-state index contributed by atoms with van der Waals surface area (Å²) >= 11 is 7.67. The van der Waals surface area contributed by atoms with E-state index in [1.807, 2.05) is 54.2 Å². The predicted octanol–water partition coefficient (Wildman–Crippen LogP) is 4.63. The maximum Gasteiger partial charge on any atom is 0.146 e. The van der Waals surface area contributed by atoms with Gasteiger partial charge in [0.15, 0.2) is 0 Å². The first kappa shape index (κ1) is 34.3. The number of hydrogen-bond acceptors (Lipinski definition) is 8. The van der Waals surface area contributed by atoms with Crippen LogP contribution in [0.15, 0.2) is 29.3 Å². The zero-order chi connectivity index (χ0) is 26.4. The molecule has 0 saturated carbocycles. The fourth-order valence-corrected chi connectivity index (χ4v) is 3.47. The predicted molar refractivity (Wildman–Crippen MR) is 151 cm³/mol. The van der Waals surface area contributed by atoms with Crippen molar-refractivity contribution in [3.8, 4) is 0 Å². The Morgan fingerprint density at radius 1 is 1.26 bits per heavy atom. The lowest BCUT2D eigenvalue weighted by Crippen LogP contribution is -2.31. The van der Waals surface area contributed by atoms with Crippen LogP contribution in [0, 0.1) is 5.41 Å². The largest absolute Gasteiger partial charge is 0.390 e. The van der Waals surface area contributed by atoms with Gasteiger partial charge in [0.25, 0.3) is 0 Å². The number of unbranched alkanes of at least 4 members (excludes halogenated alkanes) is 1. The summed E-state index contributed by atoms with van der Waals surface area (Å²) in [5, 5.41) is 14.7. The van der Waals surface area contributed by atoms with Crippen molar-refractivity contribution < 1.29 is 4.79 Å². The summed E-state index contributed by atoms with van der Waals surface area (Å²) in [6.07, 6.45) is 5.28. The van der Waals surface area contributed by atoms with E-state index >= 15 is 0 Å². The third kappa shape index (κ3) is 15.1. The maximum atomic E-state index is 11.3. The molecule has 34 heavy (non-hydrogen) atoms. The number of pyridine rings is 1. The van der Waals surface area contributed by atoms with Gasteiger partial charge in [-0.2, -0.15) is 0 Å². The van der Waals surface area contributed by atoms with E-state index in [1.165, 1.54) is 0 Å². The monoisotopic (exact) mass is 513 g/mol. The second kappa shape index (κ2) is 22.9. The van der Waals surface area contributed by atoms with E-state index in [0.29, 0.717) is 17.4 Å².